The number of carbonyl (C=O) groups excluding carboxylic acids is 1. The number of nitrogens with one attached hydrogen (secondary N) is 2. The summed E-state index contributed by atoms with van der Waals surface area (Å²) in [6.07, 6.45) is 0. The fourth-order valence-electron chi connectivity index (χ4n) is 2.73. The second-order valence-electron chi connectivity index (χ2n) is 6.05. The Kier molecular flexibility index (Phi) is 6.79. The molecular weight excluding hydrogens is 456 g/mol. The molecule has 2 aromatic rings. The smallest absolute Gasteiger partial charge is 0.323 e. The third-order valence-electron chi connectivity index (χ3n) is 3.73. The van der Waals surface area contributed by atoms with Crippen LogP contribution in [-0.2, 0) is 14.8 Å². The van der Waals surface area contributed by atoms with Crippen LogP contribution in [0.2, 0.25) is 0 Å². The summed E-state index contributed by atoms with van der Waals surface area (Å²) in [5, 5.41) is 11.8. The number of carbonyl (C=O) groups is 2. The molecule has 0 aliphatic heterocycles. The number of carboxylic acid groups (broad SMARTS) is 1. The number of sulfonamides is 1. The highest BCUT2D eigenvalue weighted by atomic mass is 79.9. The summed E-state index contributed by atoms with van der Waals surface area (Å²) in [5.41, 5.74) is 1.96. The van der Waals surface area contributed by atoms with Gasteiger partial charge in [-0.15, -0.1) is 11.3 Å². The van der Waals surface area contributed by atoms with E-state index in [-0.39, 0.29) is 11.4 Å². The van der Waals surface area contributed by atoms with E-state index < -0.39 is 27.9 Å². The Morgan fingerprint density at radius 1 is 1.19 bits per heavy atom. The zero-order valence-corrected chi connectivity index (χ0v) is 18.1. The first-order valence-electron chi connectivity index (χ1n) is 7.88. The van der Waals surface area contributed by atoms with Gasteiger partial charge in [0.05, 0.1) is 13.6 Å². The van der Waals surface area contributed by atoms with Crippen molar-refractivity contribution < 1.29 is 23.1 Å². The highest BCUT2D eigenvalue weighted by molar-refractivity contribution is 9.11. The van der Waals surface area contributed by atoms with Crippen LogP contribution in [0.25, 0.3) is 0 Å². The lowest BCUT2D eigenvalue weighted by Gasteiger charge is -2.18. The minimum atomic E-state index is -4.08. The predicted octanol–water partition coefficient (Wildman–Crippen LogP) is 2.60. The van der Waals surface area contributed by atoms with Crippen molar-refractivity contribution in [2.75, 3.05) is 6.54 Å². The zero-order chi connectivity index (χ0) is 20.4. The van der Waals surface area contributed by atoms with E-state index in [1.54, 1.807) is 38.1 Å². The van der Waals surface area contributed by atoms with Gasteiger partial charge in [-0.05, 0) is 60.0 Å². The van der Waals surface area contributed by atoms with Crippen LogP contribution in [0.15, 0.2) is 32.9 Å². The molecule has 3 N–H and O–H groups in total. The molecule has 0 radical (unpaired) electrons. The third kappa shape index (κ3) is 5.38. The van der Waals surface area contributed by atoms with Crippen LogP contribution in [0.3, 0.4) is 0 Å². The normalized spacial score (nSPS) is 12.6. The summed E-state index contributed by atoms with van der Waals surface area (Å²) in [6.45, 7) is 4.77. The molecule has 1 heterocycles. The molecule has 0 saturated heterocycles. The molecular formula is C17H19BrN2O5S2. The van der Waals surface area contributed by atoms with Gasteiger partial charge in [0.25, 0.3) is 5.91 Å². The van der Waals surface area contributed by atoms with Gasteiger partial charge in [-0.3, -0.25) is 9.59 Å². The zero-order valence-electron chi connectivity index (χ0n) is 14.9. The van der Waals surface area contributed by atoms with Gasteiger partial charge in [-0.2, -0.15) is 4.72 Å². The quantitative estimate of drug-likeness (QED) is 0.570. The van der Waals surface area contributed by atoms with Gasteiger partial charge in [-0.25, -0.2) is 8.42 Å². The Hall–Kier alpha value is -1.75. The van der Waals surface area contributed by atoms with Crippen molar-refractivity contribution in [2.45, 2.75) is 31.7 Å². The lowest BCUT2D eigenvalue weighted by molar-refractivity contribution is -0.138. The van der Waals surface area contributed by atoms with Crippen LogP contribution in [0, 0.1) is 20.8 Å². The predicted molar refractivity (Wildman–Crippen MR) is 107 cm³/mol. The SMILES string of the molecule is Cc1cc(C)c(S(=O)(=O)NC(CNC(=O)c2ccc(Br)s2)C(=O)O)c(C)c1. The third-order valence-corrected chi connectivity index (χ3v) is 7.13. The molecule has 7 nitrogen and oxygen atoms in total. The Morgan fingerprint density at radius 3 is 2.26 bits per heavy atom. The van der Waals surface area contributed by atoms with Crippen LogP contribution in [-0.4, -0.2) is 38.0 Å². The van der Waals surface area contributed by atoms with Crippen molar-refractivity contribution in [3.05, 3.63) is 49.6 Å². The van der Waals surface area contributed by atoms with E-state index in [1.165, 1.54) is 11.3 Å². The molecule has 1 unspecified atom stereocenters. The molecule has 2 rings (SSSR count). The monoisotopic (exact) mass is 474 g/mol. The Labute approximate surface area is 170 Å². The van der Waals surface area contributed by atoms with Crippen molar-refractivity contribution in [2.24, 2.45) is 0 Å². The van der Waals surface area contributed by atoms with Crippen LogP contribution < -0.4 is 10.0 Å². The minimum Gasteiger partial charge on any atom is -0.480 e. The lowest BCUT2D eigenvalue weighted by atomic mass is 10.1. The minimum absolute atomic E-state index is 0.0489. The van der Waals surface area contributed by atoms with Gasteiger partial charge >= 0.3 is 5.97 Å². The Morgan fingerprint density at radius 2 is 1.78 bits per heavy atom. The van der Waals surface area contributed by atoms with Crippen LogP contribution in [0.1, 0.15) is 26.4 Å². The summed E-state index contributed by atoms with van der Waals surface area (Å²) in [4.78, 5) is 24.0. The Balaban J connectivity index is 2.18. The van der Waals surface area contributed by atoms with Gasteiger partial charge in [0.2, 0.25) is 10.0 Å². The molecule has 1 atom stereocenters. The summed E-state index contributed by atoms with van der Waals surface area (Å²) in [5.74, 6) is -1.85. The van der Waals surface area contributed by atoms with Crippen LogP contribution in [0.5, 0.6) is 0 Å². The molecule has 1 aromatic heterocycles. The molecule has 146 valence electrons. The second kappa shape index (κ2) is 8.51. The fourth-order valence-corrected chi connectivity index (χ4v) is 5.68. The molecule has 0 saturated carbocycles. The van der Waals surface area contributed by atoms with Crippen molar-refractivity contribution >= 4 is 49.2 Å². The largest absolute Gasteiger partial charge is 0.480 e. The number of thiophene rings is 1. The molecule has 0 fully saturated rings. The van der Waals surface area contributed by atoms with Crippen molar-refractivity contribution in [1.29, 1.82) is 0 Å². The number of hydrogen-bond acceptors (Lipinski definition) is 5. The molecule has 1 aromatic carbocycles. The summed E-state index contributed by atoms with van der Waals surface area (Å²) >= 11 is 4.43. The maximum absolute atomic E-state index is 12.7. The van der Waals surface area contributed by atoms with E-state index in [9.17, 15) is 23.1 Å². The molecule has 0 aliphatic carbocycles. The van der Waals surface area contributed by atoms with E-state index in [0.717, 1.165) is 9.35 Å². The molecule has 27 heavy (non-hydrogen) atoms. The van der Waals surface area contributed by atoms with E-state index in [2.05, 4.69) is 26.0 Å². The van der Waals surface area contributed by atoms with E-state index >= 15 is 0 Å². The number of halogens is 1. The number of rotatable bonds is 7. The van der Waals surface area contributed by atoms with E-state index in [1.807, 2.05) is 6.92 Å². The first-order valence-corrected chi connectivity index (χ1v) is 11.0. The number of benzene rings is 1. The number of hydrogen-bond donors (Lipinski definition) is 3. The summed E-state index contributed by atoms with van der Waals surface area (Å²) in [6, 6.07) is 5.22. The van der Waals surface area contributed by atoms with E-state index in [4.69, 9.17) is 0 Å². The second-order valence-corrected chi connectivity index (χ2v) is 10.2. The van der Waals surface area contributed by atoms with Gasteiger partial charge in [0, 0.05) is 6.54 Å². The van der Waals surface area contributed by atoms with Crippen molar-refractivity contribution in [1.82, 2.24) is 10.0 Å². The maximum atomic E-state index is 12.7. The first kappa shape index (κ1) is 21.5. The van der Waals surface area contributed by atoms with Crippen molar-refractivity contribution in [3.8, 4) is 0 Å². The van der Waals surface area contributed by atoms with Crippen LogP contribution in [0.4, 0.5) is 0 Å². The number of carboxylic acids is 1. The topological polar surface area (TPSA) is 113 Å². The van der Waals surface area contributed by atoms with Gasteiger partial charge in [0.15, 0.2) is 0 Å². The average molecular weight is 475 g/mol. The molecule has 1 amide bonds. The van der Waals surface area contributed by atoms with E-state index in [0.29, 0.717) is 16.0 Å². The standard InChI is InChI=1S/C17H19BrN2O5S2/c1-9-6-10(2)15(11(3)7-9)27(24,25)20-12(17(22)23)8-19-16(21)13-4-5-14(18)26-13/h4-7,12,20H,8H2,1-3H3,(H,19,21)(H,22,23). The fraction of sp³-hybridized carbons (Fsp3) is 0.294. The lowest BCUT2D eigenvalue weighted by Crippen LogP contribution is -2.48. The highest BCUT2D eigenvalue weighted by Gasteiger charge is 2.28. The molecule has 10 heteroatoms. The van der Waals surface area contributed by atoms with Gasteiger partial charge < -0.3 is 10.4 Å². The number of amides is 1. The first-order chi connectivity index (χ1) is 12.5. The Bertz CT molecular complexity index is 962. The molecule has 0 aliphatic rings. The van der Waals surface area contributed by atoms with Crippen molar-refractivity contribution in [3.63, 3.8) is 0 Å². The van der Waals surface area contributed by atoms with Crippen LogP contribution >= 0.6 is 27.3 Å². The number of aliphatic carboxylic acids is 1. The molecule has 0 bridgehead atoms. The van der Waals surface area contributed by atoms with Gasteiger partial charge in [-0.1, -0.05) is 17.7 Å². The number of aryl methyl sites for hydroxylation is 3. The average Bonchev–Trinajstić information content (AvgIpc) is 2.96. The highest BCUT2D eigenvalue weighted by Crippen LogP contribution is 2.23. The summed E-state index contributed by atoms with van der Waals surface area (Å²) < 4.78 is 28.4. The molecule has 0 spiro atoms. The maximum Gasteiger partial charge on any atom is 0.323 e. The van der Waals surface area contributed by atoms with Gasteiger partial charge in [0.1, 0.15) is 6.04 Å². The summed E-state index contributed by atoms with van der Waals surface area (Å²) in [7, 11) is -4.08.